The third kappa shape index (κ3) is 5.20. The van der Waals surface area contributed by atoms with E-state index in [1.54, 1.807) is 6.92 Å². The SMILES string of the molecule is Cc1ccc(SC2(CNC(=O)[C@H](C)N)CCCC2)cc1.Cl. The Morgan fingerprint density at radius 3 is 2.43 bits per heavy atom. The summed E-state index contributed by atoms with van der Waals surface area (Å²) < 4.78 is 0.139. The highest BCUT2D eigenvalue weighted by atomic mass is 35.5. The predicted molar refractivity (Wildman–Crippen MR) is 92.1 cm³/mol. The molecule has 1 amide bonds. The quantitative estimate of drug-likeness (QED) is 0.872. The van der Waals surface area contributed by atoms with E-state index in [9.17, 15) is 4.79 Å². The van der Waals surface area contributed by atoms with Gasteiger partial charge in [-0.25, -0.2) is 0 Å². The number of aryl methyl sites for hydroxylation is 1. The largest absolute Gasteiger partial charge is 0.353 e. The van der Waals surface area contributed by atoms with Gasteiger partial charge in [-0.2, -0.15) is 0 Å². The molecular weight excluding hydrogens is 304 g/mol. The van der Waals surface area contributed by atoms with E-state index in [1.165, 1.54) is 23.3 Å². The van der Waals surface area contributed by atoms with Gasteiger partial charge in [0.2, 0.25) is 5.91 Å². The number of nitrogens with two attached hydrogens (primary N) is 1. The fourth-order valence-electron chi connectivity index (χ4n) is 2.60. The van der Waals surface area contributed by atoms with Crippen molar-refractivity contribution in [2.24, 2.45) is 5.73 Å². The Morgan fingerprint density at radius 2 is 1.90 bits per heavy atom. The molecule has 0 aromatic heterocycles. The molecule has 0 bridgehead atoms. The van der Waals surface area contributed by atoms with Crippen LogP contribution in [0.15, 0.2) is 29.2 Å². The van der Waals surface area contributed by atoms with Crippen LogP contribution < -0.4 is 11.1 Å². The standard InChI is InChI=1S/C16H24N2OS.ClH/c1-12-5-7-14(8-6-12)20-16(9-3-4-10-16)11-18-15(19)13(2)17;/h5-8,13H,3-4,9-11,17H2,1-2H3,(H,18,19);1H/t13-;/m0./s1. The van der Waals surface area contributed by atoms with Gasteiger partial charge in [-0.3, -0.25) is 4.79 Å². The Hall–Kier alpha value is -0.710. The van der Waals surface area contributed by atoms with Crippen molar-refractivity contribution >= 4 is 30.1 Å². The van der Waals surface area contributed by atoms with Crippen LogP contribution in [0.3, 0.4) is 0 Å². The van der Waals surface area contributed by atoms with Crippen LogP contribution in [0.4, 0.5) is 0 Å². The summed E-state index contributed by atoms with van der Waals surface area (Å²) in [5, 5.41) is 3.01. The smallest absolute Gasteiger partial charge is 0.236 e. The molecule has 0 saturated heterocycles. The number of benzene rings is 1. The molecule has 0 radical (unpaired) electrons. The molecule has 3 nitrogen and oxygen atoms in total. The molecule has 1 aliphatic carbocycles. The Balaban J connectivity index is 0.00000220. The van der Waals surface area contributed by atoms with E-state index in [0.29, 0.717) is 6.54 Å². The first-order chi connectivity index (χ1) is 9.51. The number of carbonyl (C=O) groups is 1. The first-order valence-corrected chi connectivity index (χ1v) is 8.11. The van der Waals surface area contributed by atoms with Crippen molar-refractivity contribution in [3.63, 3.8) is 0 Å². The number of hydrogen-bond donors (Lipinski definition) is 2. The zero-order chi connectivity index (χ0) is 14.6. The van der Waals surface area contributed by atoms with E-state index in [1.807, 2.05) is 11.8 Å². The summed E-state index contributed by atoms with van der Waals surface area (Å²) in [4.78, 5) is 13.0. The minimum Gasteiger partial charge on any atom is -0.353 e. The van der Waals surface area contributed by atoms with Crippen LogP contribution in [0.2, 0.25) is 0 Å². The average molecular weight is 329 g/mol. The van der Waals surface area contributed by atoms with Crippen molar-refractivity contribution in [3.8, 4) is 0 Å². The molecule has 2 rings (SSSR count). The lowest BCUT2D eigenvalue weighted by Gasteiger charge is -2.29. The van der Waals surface area contributed by atoms with Crippen LogP contribution >= 0.6 is 24.2 Å². The minimum atomic E-state index is -0.433. The van der Waals surface area contributed by atoms with Crippen LogP contribution in [-0.4, -0.2) is 23.2 Å². The van der Waals surface area contributed by atoms with E-state index >= 15 is 0 Å². The molecule has 0 heterocycles. The predicted octanol–water partition coefficient (Wildman–Crippen LogP) is 3.29. The highest BCUT2D eigenvalue weighted by Crippen LogP contribution is 2.44. The molecule has 0 aliphatic heterocycles. The van der Waals surface area contributed by atoms with Gasteiger partial charge in [0.25, 0.3) is 0 Å². The number of halogens is 1. The monoisotopic (exact) mass is 328 g/mol. The first-order valence-electron chi connectivity index (χ1n) is 7.30. The molecule has 1 aliphatic rings. The molecule has 0 spiro atoms. The number of hydrogen-bond acceptors (Lipinski definition) is 3. The van der Waals surface area contributed by atoms with Gasteiger partial charge in [-0.1, -0.05) is 30.5 Å². The normalized spacial score (nSPS) is 17.9. The van der Waals surface area contributed by atoms with E-state index < -0.39 is 6.04 Å². The number of thioether (sulfide) groups is 1. The second-order valence-electron chi connectivity index (χ2n) is 5.81. The average Bonchev–Trinajstić information content (AvgIpc) is 2.87. The van der Waals surface area contributed by atoms with Crippen LogP contribution in [0.5, 0.6) is 0 Å². The van der Waals surface area contributed by atoms with Gasteiger partial charge in [0, 0.05) is 16.2 Å². The van der Waals surface area contributed by atoms with Gasteiger partial charge in [-0.15, -0.1) is 24.2 Å². The maximum Gasteiger partial charge on any atom is 0.236 e. The van der Waals surface area contributed by atoms with Crippen molar-refractivity contribution in [2.75, 3.05) is 6.54 Å². The molecule has 1 atom stereocenters. The Morgan fingerprint density at radius 1 is 1.33 bits per heavy atom. The lowest BCUT2D eigenvalue weighted by atomic mass is 10.1. The maximum atomic E-state index is 11.7. The second kappa shape index (κ2) is 8.06. The van der Waals surface area contributed by atoms with Crippen molar-refractivity contribution in [2.45, 2.75) is 55.2 Å². The molecule has 1 aromatic rings. The van der Waals surface area contributed by atoms with Gasteiger partial charge in [0.15, 0.2) is 0 Å². The number of amides is 1. The zero-order valence-electron chi connectivity index (χ0n) is 12.7. The topological polar surface area (TPSA) is 55.1 Å². The lowest BCUT2D eigenvalue weighted by Crippen LogP contribution is -2.44. The van der Waals surface area contributed by atoms with Crippen molar-refractivity contribution in [3.05, 3.63) is 29.8 Å². The van der Waals surface area contributed by atoms with Crippen LogP contribution in [-0.2, 0) is 4.79 Å². The summed E-state index contributed by atoms with van der Waals surface area (Å²) in [6, 6.07) is 8.20. The second-order valence-corrected chi connectivity index (χ2v) is 7.35. The number of nitrogens with one attached hydrogen (secondary N) is 1. The third-order valence-electron chi connectivity index (χ3n) is 3.87. The van der Waals surface area contributed by atoms with Crippen molar-refractivity contribution in [1.82, 2.24) is 5.32 Å². The molecule has 118 valence electrons. The highest BCUT2D eigenvalue weighted by Gasteiger charge is 2.35. The molecular formula is C16H25ClN2OS. The lowest BCUT2D eigenvalue weighted by molar-refractivity contribution is -0.122. The summed E-state index contributed by atoms with van der Waals surface area (Å²) in [6.07, 6.45) is 4.80. The van der Waals surface area contributed by atoms with E-state index in [2.05, 4.69) is 36.5 Å². The Labute approximate surface area is 137 Å². The van der Waals surface area contributed by atoms with E-state index in [-0.39, 0.29) is 23.1 Å². The third-order valence-corrected chi connectivity index (χ3v) is 5.36. The van der Waals surface area contributed by atoms with E-state index in [4.69, 9.17) is 5.73 Å². The van der Waals surface area contributed by atoms with Gasteiger partial charge < -0.3 is 11.1 Å². The summed E-state index contributed by atoms with van der Waals surface area (Å²) in [5.74, 6) is -0.0548. The summed E-state index contributed by atoms with van der Waals surface area (Å²) in [6.45, 7) is 4.54. The zero-order valence-corrected chi connectivity index (χ0v) is 14.4. The van der Waals surface area contributed by atoms with Gasteiger partial charge in [0.05, 0.1) is 6.04 Å². The van der Waals surface area contributed by atoms with Crippen molar-refractivity contribution in [1.29, 1.82) is 0 Å². The van der Waals surface area contributed by atoms with Crippen LogP contribution in [0.25, 0.3) is 0 Å². The molecule has 5 heteroatoms. The Bertz CT molecular complexity index is 456. The van der Waals surface area contributed by atoms with Crippen LogP contribution in [0, 0.1) is 6.92 Å². The highest BCUT2D eigenvalue weighted by molar-refractivity contribution is 8.00. The number of carbonyl (C=O) groups excluding carboxylic acids is 1. The minimum absolute atomic E-state index is 0. The van der Waals surface area contributed by atoms with Gasteiger partial charge >= 0.3 is 0 Å². The molecule has 0 unspecified atom stereocenters. The maximum absolute atomic E-state index is 11.7. The molecule has 1 aromatic carbocycles. The fourth-order valence-corrected chi connectivity index (χ4v) is 4.01. The van der Waals surface area contributed by atoms with Gasteiger partial charge in [-0.05, 0) is 38.8 Å². The van der Waals surface area contributed by atoms with E-state index in [0.717, 1.165) is 12.8 Å². The van der Waals surface area contributed by atoms with Crippen molar-refractivity contribution < 1.29 is 4.79 Å². The molecule has 1 saturated carbocycles. The van der Waals surface area contributed by atoms with Gasteiger partial charge in [0.1, 0.15) is 0 Å². The fraction of sp³-hybridized carbons (Fsp3) is 0.562. The molecule has 21 heavy (non-hydrogen) atoms. The summed E-state index contributed by atoms with van der Waals surface area (Å²) >= 11 is 1.91. The van der Waals surface area contributed by atoms with Crippen LogP contribution in [0.1, 0.15) is 38.2 Å². The first kappa shape index (κ1) is 18.3. The Kier molecular flexibility index (Phi) is 7.04. The molecule has 1 fully saturated rings. The summed E-state index contributed by atoms with van der Waals surface area (Å²) in [7, 11) is 0. The molecule has 3 N–H and O–H groups in total. The summed E-state index contributed by atoms with van der Waals surface area (Å²) in [5.41, 5.74) is 6.89. The number of rotatable bonds is 5.